The number of thioether (sulfide) groups is 1. The second-order valence-electron chi connectivity index (χ2n) is 7.76. The Balaban J connectivity index is 1.78. The van der Waals surface area contributed by atoms with E-state index in [0.717, 1.165) is 29.9 Å². The summed E-state index contributed by atoms with van der Waals surface area (Å²) in [4.78, 5) is 32.5. The third-order valence-corrected chi connectivity index (χ3v) is 5.89. The monoisotopic (exact) mass is 491 g/mol. The minimum atomic E-state index is -0.607. The number of nitrogens with zero attached hydrogens (tertiary/aromatic N) is 5. The fourth-order valence-electron chi connectivity index (χ4n) is 3.01. The average Bonchev–Trinajstić information content (AvgIpc) is 3.18. The largest absolute Gasteiger partial charge is 0.369 e. The Morgan fingerprint density at radius 3 is 2.82 bits per heavy atom. The zero-order chi connectivity index (χ0) is 24.0. The first-order chi connectivity index (χ1) is 15.8. The molecule has 2 heterocycles. The zero-order valence-corrected chi connectivity index (χ0v) is 20.2. The van der Waals surface area contributed by atoms with Gasteiger partial charge in [0.2, 0.25) is 0 Å². The smallest absolute Gasteiger partial charge is 0.282 e. The van der Waals surface area contributed by atoms with Crippen LogP contribution in [0.2, 0.25) is 5.02 Å². The summed E-state index contributed by atoms with van der Waals surface area (Å²) in [6, 6.07) is 3.89. The van der Waals surface area contributed by atoms with Gasteiger partial charge in [-0.3, -0.25) is 14.9 Å². The van der Waals surface area contributed by atoms with E-state index in [1.807, 2.05) is 0 Å². The van der Waals surface area contributed by atoms with Crippen LogP contribution in [0.15, 0.2) is 29.6 Å². The van der Waals surface area contributed by atoms with Crippen molar-refractivity contribution < 1.29 is 9.72 Å². The molecule has 0 aliphatic carbocycles. The van der Waals surface area contributed by atoms with Gasteiger partial charge in [-0.25, -0.2) is 14.6 Å². The number of carbonyl (C=O) groups excluding carboxylic acids is 1. The van der Waals surface area contributed by atoms with Crippen LogP contribution in [0, 0.1) is 16.0 Å². The van der Waals surface area contributed by atoms with Crippen molar-refractivity contribution in [3.63, 3.8) is 0 Å². The van der Waals surface area contributed by atoms with Crippen LogP contribution in [0.1, 0.15) is 37.6 Å². The van der Waals surface area contributed by atoms with Crippen LogP contribution >= 0.6 is 23.4 Å². The van der Waals surface area contributed by atoms with E-state index in [0.29, 0.717) is 23.3 Å². The van der Waals surface area contributed by atoms with Gasteiger partial charge in [0.15, 0.2) is 10.8 Å². The van der Waals surface area contributed by atoms with Crippen molar-refractivity contribution in [2.24, 2.45) is 5.92 Å². The van der Waals surface area contributed by atoms with E-state index in [9.17, 15) is 14.9 Å². The van der Waals surface area contributed by atoms with E-state index in [4.69, 9.17) is 11.6 Å². The Morgan fingerprint density at radius 1 is 1.33 bits per heavy atom. The van der Waals surface area contributed by atoms with Gasteiger partial charge in [0, 0.05) is 29.9 Å². The van der Waals surface area contributed by atoms with Gasteiger partial charge in [-0.05, 0) is 24.5 Å². The molecule has 0 saturated heterocycles. The highest BCUT2D eigenvalue weighted by Crippen LogP contribution is 2.25. The number of aromatic nitrogens is 4. The molecule has 12 heteroatoms. The minimum absolute atomic E-state index is 0.0847. The van der Waals surface area contributed by atoms with Crippen LogP contribution in [0.5, 0.6) is 0 Å². The van der Waals surface area contributed by atoms with E-state index in [1.54, 1.807) is 22.6 Å². The number of amides is 1. The highest BCUT2D eigenvalue weighted by molar-refractivity contribution is 7.99. The van der Waals surface area contributed by atoms with E-state index >= 15 is 0 Å². The van der Waals surface area contributed by atoms with Gasteiger partial charge in [0.1, 0.15) is 11.4 Å². The molecule has 0 fully saturated rings. The van der Waals surface area contributed by atoms with Gasteiger partial charge in [-0.1, -0.05) is 44.1 Å². The molecule has 0 bridgehead atoms. The number of nitro groups is 1. The first kappa shape index (κ1) is 24.7. The highest BCUT2D eigenvalue weighted by Gasteiger charge is 2.20. The zero-order valence-electron chi connectivity index (χ0n) is 18.7. The molecule has 176 valence electrons. The first-order valence-corrected chi connectivity index (χ1v) is 12.0. The predicted molar refractivity (Wildman–Crippen MR) is 130 cm³/mol. The number of anilines is 1. The number of rotatable bonds is 11. The van der Waals surface area contributed by atoms with E-state index < -0.39 is 10.8 Å². The molecule has 1 aromatic carbocycles. The van der Waals surface area contributed by atoms with Crippen LogP contribution in [0.25, 0.3) is 11.0 Å². The van der Waals surface area contributed by atoms with Crippen LogP contribution < -0.4 is 10.6 Å². The molecule has 3 aromatic rings. The van der Waals surface area contributed by atoms with E-state index in [1.165, 1.54) is 18.2 Å². The van der Waals surface area contributed by atoms with E-state index in [2.05, 4.69) is 46.5 Å². The topological polar surface area (TPSA) is 128 Å². The SMILES string of the molecule is CCCSc1nc(NCC(C)C)c2cnn(CCNC(=O)c3cc(Cl)ccc3[N+](=O)[O-])c2n1. The maximum absolute atomic E-state index is 12.5. The number of nitrogens with one attached hydrogen (secondary N) is 2. The molecular weight excluding hydrogens is 466 g/mol. The van der Waals surface area contributed by atoms with Crippen molar-refractivity contribution in [2.45, 2.75) is 38.9 Å². The van der Waals surface area contributed by atoms with Crippen molar-refractivity contribution in [1.82, 2.24) is 25.1 Å². The number of hydrogen-bond donors (Lipinski definition) is 2. The molecule has 2 N–H and O–H groups in total. The Morgan fingerprint density at radius 2 is 2.12 bits per heavy atom. The highest BCUT2D eigenvalue weighted by atomic mass is 35.5. The number of halogens is 1. The second-order valence-corrected chi connectivity index (χ2v) is 9.26. The molecule has 0 unspecified atom stereocenters. The van der Waals surface area contributed by atoms with Crippen molar-refractivity contribution >= 4 is 51.8 Å². The Labute approximate surface area is 200 Å². The third-order valence-electron chi connectivity index (χ3n) is 4.60. The molecule has 0 aliphatic heterocycles. The summed E-state index contributed by atoms with van der Waals surface area (Å²) in [5.41, 5.74) is 0.282. The van der Waals surface area contributed by atoms with E-state index in [-0.39, 0.29) is 22.8 Å². The molecule has 3 rings (SSSR count). The number of carbonyl (C=O) groups is 1. The summed E-state index contributed by atoms with van der Waals surface area (Å²) in [6.45, 7) is 7.64. The third kappa shape index (κ3) is 6.32. The Bertz CT molecular complexity index is 1150. The maximum Gasteiger partial charge on any atom is 0.282 e. The molecule has 1 amide bonds. The van der Waals surface area contributed by atoms with Gasteiger partial charge < -0.3 is 10.6 Å². The lowest BCUT2D eigenvalue weighted by Crippen LogP contribution is -2.28. The Hall–Kier alpha value is -2.92. The van der Waals surface area contributed by atoms with Crippen molar-refractivity contribution in [3.8, 4) is 0 Å². The summed E-state index contributed by atoms with van der Waals surface area (Å²) in [5.74, 6) is 1.51. The summed E-state index contributed by atoms with van der Waals surface area (Å²) in [6.07, 6.45) is 2.71. The molecule has 2 aromatic heterocycles. The Kier molecular flexibility index (Phi) is 8.45. The number of benzene rings is 1. The molecule has 0 aliphatic rings. The van der Waals surface area contributed by atoms with Crippen LogP contribution in [-0.4, -0.2) is 49.4 Å². The number of hydrogen-bond acceptors (Lipinski definition) is 8. The molecular formula is C21H26ClN7O3S. The van der Waals surface area contributed by atoms with Crippen molar-refractivity contribution in [3.05, 3.63) is 45.1 Å². The molecule has 33 heavy (non-hydrogen) atoms. The number of nitro benzene ring substituents is 1. The van der Waals surface area contributed by atoms with Crippen LogP contribution in [0.4, 0.5) is 11.5 Å². The molecule has 0 atom stereocenters. The predicted octanol–water partition coefficient (Wildman–Crippen LogP) is 4.39. The van der Waals surface area contributed by atoms with Gasteiger partial charge in [0.25, 0.3) is 11.6 Å². The fourth-order valence-corrected chi connectivity index (χ4v) is 3.88. The molecule has 0 saturated carbocycles. The average molecular weight is 492 g/mol. The van der Waals surface area contributed by atoms with Crippen molar-refractivity contribution in [1.29, 1.82) is 0 Å². The quantitative estimate of drug-likeness (QED) is 0.175. The lowest BCUT2D eigenvalue weighted by atomic mass is 10.1. The number of fused-ring (bicyclic) bond motifs is 1. The standard InChI is InChI=1S/C21H26ClN7O3S/c1-4-9-33-21-26-18(24-11-13(2)3)16-12-25-28(19(16)27-21)8-7-23-20(30)15-10-14(22)5-6-17(15)29(31)32/h5-6,10,12-13H,4,7-9,11H2,1-3H3,(H,23,30)(H,24,26,27). The van der Waals surface area contributed by atoms with Gasteiger partial charge >= 0.3 is 0 Å². The summed E-state index contributed by atoms with van der Waals surface area (Å²) in [5, 5.41) is 23.4. The molecule has 0 spiro atoms. The van der Waals surface area contributed by atoms with Crippen LogP contribution in [-0.2, 0) is 6.54 Å². The van der Waals surface area contributed by atoms with Crippen molar-refractivity contribution in [2.75, 3.05) is 24.2 Å². The minimum Gasteiger partial charge on any atom is -0.369 e. The lowest BCUT2D eigenvalue weighted by molar-refractivity contribution is -0.385. The molecule has 0 radical (unpaired) electrons. The lowest BCUT2D eigenvalue weighted by Gasteiger charge is -2.11. The van der Waals surface area contributed by atoms with Gasteiger partial charge in [-0.2, -0.15) is 5.10 Å². The maximum atomic E-state index is 12.5. The summed E-state index contributed by atoms with van der Waals surface area (Å²) < 4.78 is 1.69. The van der Waals surface area contributed by atoms with Gasteiger partial charge in [0.05, 0.1) is 23.1 Å². The van der Waals surface area contributed by atoms with Gasteiger partial charge in [-0.15, -0.1) is 0 Å². The first-order valence-electron chi connectivity index (χ1n) is 10.6. The second kappa shape index (κ2) is 11.3. The van der Waals surface area contributed by atoms with Crippen LogP contribution in [0.3, 0.4) is 0 Å². The fraction of sp³-hybridized carbons (Fsp3) is 0.429. The normalized spacial score (nSPS) is 11.2. The summed E-state index contributed by atoms with van der Waals surface area (Å²) >= 11 is 7.50. The molecule has 10 nitrogen and oxygen atoms in total. The summed E-state index contributed by atoms with van der Waals surface area (Å²) in [7, 11) is 0.